The lowest BCUT2D eigenvalue weighted by Crippen LogP contribution is -2.34. The van der Waals surface area contributed by atoms with E-state index in [0.717, 1.165) is 5.92 Å². The van der Waals surface area contributed by atoms with Crippen molar-refractivity contribution in [1.29, 1.82) is 0 Å². The Kier molecular flexibility index (Phi) is 1.47. The summed E-state index contributed by atoms with van der Waals surface area (Å²) >= 11 is 0. The van der Waals surface area contributed by atoms with Gasteiger partial charge < -0.3 is 4.74 Å². The summed E-state index contributed by atoms with van der Waals surface area (Å²) in [6.07, 6.45) is 7.08. The van der Waals surface area contributed by atoms with E-state index in [4.69, 9.17) is 4.74 Å². The van der Waals surface area contributed by atoms with Gasteiger partial charge in [0.05, 0.1) is 11.7 Å². The molecule has 1 spiro atoms. The van der Waals surface area contributed by atoms with Crippen LogP contribution in [0, 0.1) is 5.92 Å². The van der Waals surface area contributed by atoms with Gasteiger partial charge in [-0.3, -0.25) is 0 Å². The van der Waals surface area contributed by atoms with Crippen LogP contribution in [-0.2, 0) is 10.3 Å². The second-order valence-electron chi connectivity index (χ2n) is 5.26. The fraction of sp³-hybridized carbons (Fsp3) is 0.571. The molecule has 78 valence electrons. The SMILES string of the molecule is c1ccc2c(c1)[C@@H]1C[C@H]3CCCC[C@]23O1. The summed E-state index contributed by atoms with van der Waals surface area (Å²) in [5.74, 6) is 0.811. The Labute approximate surface area is 90.4 Å². The van der Waals surface area contributed by atoms with Crippen molar-refractivity contribution in [3.05, 3.63) is 35.4 Å². The van der Waals surface area contributed by atoms with Gasteiger partial charge in [0.25, 0.3) is 0 Å². The Morgan fingerprint density at radius 1 is 1.20 bits per heavy atom. The van der Waals surface area contributed by atoms with Crippen LogP contribution in [0.2, 0.25) is 0 Å². The zero-order valence-electron chi connectivity index (χ0n) is 8.91. The molecule has 1 heteroatoms. The molecule has 0 N–H and O–H groups in total. The van der Waals surface area contributed by atoms with E-state index < -0.39 is 0 Å². The highest BCUT2D eigenvalue weighted by atomic mass is 16.5. The average molecular weight is 200 g/mol. The van der Waals surface area contributed by atoms with Crippen molar-refractivity contribution in [3.63, 3.8) is 0 Å². The molecule has 2 bridgehead atoms. The van der Waals surface area contributed by atoms with E-state index in [1.54, 1.807) is 0 Å². The smallest absolute Gasteiger partial charge is 0.0972 e. The minimum atomic E-state index is 0.138. The zero-order valence-corrected chi connectivity index (χ0v) is 8.91. The number of fused-ring (bicyclic) bond motifs is 3. The Bertz CT molecular complexity index is 412. The van der Waals surface area contributed by atoms with Crippen LogP contribution in [0.25, 0.3) is 0 Å². The van der Waals surface area contributed by atoms with Gasteiger partial charge in [0.15, 0.2) is 0 Å². The van der Waals surface area contributed by atoms with Crippen molar-refractivity contribution < 1.29 is 4.74 Å². The molecule has 2 fully saturated rings. The first-order chi connectivity index (χ1) is 7.40. The molecule has 1 nitrogen and oxygen atoms in total. The molecule has 0 amide bonds. The maximum absolute atomic E-state index is 6.33. The Hall–Kier alpha value is -0.820. The van der Waals surface area contributed by atoms with Crippen molar-refractivity contribution >= 4 is 0 Å². The van der Waals surface area contributed by atoms with Crippen LogP contribution in [0.3, 0.4) is 0 Å². The van der Waals surface area contributed by atoms with Crippen LogP contribution in [0.15, 0.2) is 24.3 Å². The second-order valence-corrected chi connectivity index (χ2v) is 5.26. The lowest BCUT2D eigenvalue weighted by molar-refractivity contribution is -0.0609. The van der Waals surface area contributed by atoms with Gasteiger partial charge in [0.2, 0.25) is 0 Å². The van der Waals surface area contributed by atoms with E-state index in [9.17, 15) is 0 Å². The number of rotatable bonds is 0. The van der Waals surface area contributed by atoms with E-state index in [0.29, 0.717) is 6.10 Å². The summed E-state index contributed by atoms with van der Waals surface area (Å²) in [5, 5.41) is 0. The van der Waals surface area contributed by atoms with E-state index in [1.807, 2.05) is 0 Å². The van der Waals surface area contributed by atoms with Crippen LogP contribution in [0.4, 0.5) is 0 Å². The molecule has 15 heavy (non-hydrogen) atoms. The first kappa shape index (κ1) is 8.35. The fourth-order valence-corrected chi connectivity index (χ4v) is 4.01. The minimum Gasteiger partial charge on any atom is -0.362 e. The van der Waals surface area contributed by atoms with E-state index in [2.05, 4.69) is 24.3 Å². The summed E-state index contributed by atoms with van der Waals surface area (Å²) in [6, 6.07) is 8.88. The van der Waals surface area contributed by atoms with E-state index in [-0.39, 0.29) is 5.60 Å². The van der Waals surface area contributed by atoms with Gasteiger partial charge in [-0.25, -0.2) is 0 Å². The third-order valence-corrected chi connectivity index (χ3v) is 4.62. The van der Waals surface area contributed by atoms with E-state index in [1.165, 1.54) is 43.2 Å². The van der Waals surface area contributed by atoms with Crippen molar-refractivity contribution in [1.82, 2.24) is 0 Å². The molecule has 2 aliphatic heterocycles. The third kappa shape index (κ3) is 0.884. The summed E-state index contributed by atoms with van der Waals surface area (Å²) in [4.78, 5) is 0. The summed E-state index contributed by atoms with van der Waals surface area (Å²) < 4.78 is 6.33. The molecule has 1 aromatic rings. The largest absolute Gasteiger partial charge is 0.362 e. The van der Waals surface area contributed by atoms with Gasteiger partial charge >= 0.3 is 0 Å². The molecule has 2 heterocycles. The standard InChI is InChI=1S/C14H16O/c1-2-7-12-11(6-1)13-9-10-5-3-4-8-14(10,12)15-13/h1-2,6-7,10,13H,3-5,8-9H2/t10-,13+,14-/m1/s1. The first-order valence-corrected chi connectivity index (χ1v) is 6.17. The number of benzene rings is 1. The maximum atomic E-state index is 6.33. The van der Waals surface area contributed by atoms with Gasteiger partial charge in [0, 0.05) is 0 Å². The van der Waals surface area contributed by atoms with Gasteiger partial charge in [-0.1, -0.05) is 37.1 Å². The quantitative estimate of drug-likeness (QED) is 0.622. The molecular formula is C14H16O. The highest BCUT2D eigenvalue weighted by Gasteiger charge is 2.56. The molecule has 3 atom stereocenters. The molecular weight excluding hydrogens is 184 g/mol. The second kappa shape index (κ2) is 2.65. The van der Waals surface area contributed by atoms with Crippen LogP contribution < -0.4 is 0 Å². The number of hydrogen-bond donors (Lipinski definition) is 0. The van der Waals surface area contributed by atoms with Crippen molar-refractivity contribution in [3.8, 4) is 0 Å². The number of hydrogen-bond acceptors (Lipinski definition) is 1. The molecule has 1 saturated heterocycles. The van der Waals surface area contributed by atoms with E-state index >= 15 is 0 Å². The molecule has 1 aromatic carbocycles. The predicted octanol–water partition coefficient (Wildman–Crippen LogP) is 3.55. The fourth-order valence-electron chi connectivity index (χ4n) is 4.01. The van der Waals surface area contributed by atoms with Gasteiger partial charge in [-0.15, -0.1) is 0 Å². The van der Waals surface area contributed by atoms with Gasteiger partial charge in [0.1, 0.15) is 0 Å². The Balaban J connectivity index is 1.92. The van der Waals surface area contributed by atoms with Crippen molar-refractivity contribution in [2.45, 2.75) is 43.8 Å². The Morgan fingerprint density at radius 2 is 2.13 bits per heavy atom. The summed E-state index contributed by atoms with van der Waals surface area (Å²) in [7, 11) is 0. The van der Waals surface area contributed by atoms with Crippen LogP contribution >= 0.6 is 0 Å². The van der Waals surface area contributed by atoms with Crippen LogP contribution in [0.1, 0.15) is 49.3 Å². The molecule has 3 aliphatic rings. The summed E-state index contributed by atoms with van der Waals surface area (Å²) in [5.41, 5.74) is 3.14. The highest BCUT2D eigenvalue weighted by Crippen LogP contribution is 2.62. The lowest BCUT2D eigenvalue weighted by atomic mass is 9.67. The highest BCUT2D eigenvalue weighted by molar-refractivity contribution is 5.42. The summed E-state index contributed by atoms with van der Waals surface area (Å²) in [6.45, 7) is 0. The monoisotopic (exact) mass is 200 g/mol. The molecule has 4 rings (SSSR count). The molecule has 0 unspecified atom stereocenters. The van der Waals surface area contributed by atoms with Gasteiger partial charge in [-0.2, -0.15) is 0 Å². The van der Waals surface area contributed by atoms with Gasteiger partial charge in [-0.05, 0) is 36.3 Å². The molecule has 1 saturated carbocycles. The molecule has 1 aliphatic carbocycles. The molecule has 0 aromatic heterocycles. The Morgan fingerprint density at radius 3 is 3.13 bits per heavy atom. The third-order valence-electron chi connectivity index (χ3n) is 4.62. The van der Waals surface area contributed by atoms with Crippen molar-refractivity contribution in [2.24, 2.45) is 5.92 Å². The topological polar surface area (TPSA) is 9.23 Å². The maximum Gasteiger partial charge on any atom is 0.0972 e. The normalized spacial score (nSPS) is 41.3. The van der Waals surface area contributed by atoms with Crippen LogP contribution in [-0.4, -0.2) is 0 Å². The number of ether oxygens (including phenoxy) is 1. The predicted molar refractivity (Wildman–Crippen MR) is 58.5 cm³/mol. The van der Waals surface area contributed by atoms with Crippen LogP contribution in [0.5, 0.6) is 0 Å². The van der Waals surface area contributed by atoms with Crippen molar-refractivity contribution in [2.75, 3.05) is 0 Å². The lowest BCUT2D eigenvalue weighted by Gasteiger charge is -2.38. The molecule has 0 radical (unpaired) electrons. The average Bonchev–Trinajstić information content (AvgIpc) is 2.82. The zero-order chi connectivity index (χ0) is 9.88. The minimum absolute atomic E-state index is 0.138. The first-order valence-electron chi connectivity index (χ1n) is 6.17.